The molecule has 0 saturated heterocycles. The topological polar surface area (TPSA) is 84.5 Å². The number of amides is 2. The minimum atomic E-state index is -0.951. The normalized spacial score (nSPS) is 12.8. The van der Waals surface area contributed by atoms with Gasteiger partial charge in [-0.25, -0.2) is 4.79 Å². The van der Waals surface area contributed by atoms with Crippen LogP contribution in [0.1, 0.15) is 40.6 Å². The van der Waals surface area contributed by atoms with Gasteiger partial charge in [0, 0.05) is 10.6 Å². The number of anilines is 2. The van der Waals surface area contributed by atoms with Crippen LogP contribution in [0.3, 0.4) is 0 Å². The van der Waals surface area contributed by atoms with Crippen LogP contribution in [0.5, 0.6) is 0 Å². The fourth-order valence-corrected chi connectivity index (χ4v) is 4.24. The van der Waals surface area contributed by atoms with E-state index < -0.39 is 11.9 Å². The van der Waals surface area contributed by atoms with Gasteiger partial charge in [-0.3, -0.25) is 9.59 Å². The third kappa shape index (κ3) is 3.94. The number of carbonyl (C=O) groups excluding carboxylic acids is 3. The molecule has 1 heterocycles. The molecule has 1 aliphatic rings. The summed E-state index contributed by atoms with van der Waals surface area (Å²) in [5, 5.41) is 5.83. The van der Waals surface area contributed by atoms with E-state index in [1.165, 1.54) is 11.3 Å². The molecule has 1 aromatic carbocycles. The van der Waals surface area contributed by atoms with Crippen LogP contribution in [0.25, 0.3) is 0 Å². The SMILES string of the molecule is CCOC(=O)C(=O)Nc1sc2c(c1C(=O)Nc1ccccc1)CCCC2. The van der Waals surface area contributed by atoms with E-state index in [2.05, 4.69) is 10.6 Å². The molecule has 0 saturated carbocycles. The number of benzene rings is 1. The van der Waals surface area contributed by atoms with Crippen LogP contribution in [0.2, 0.25) is 0 Å². The van der Waals surface area contributed by atoms with Crippen molar-refractivity contribution in [3.63, 3.8) is 0 Å². The van der Waals surface area contributed by atoms with E-state index >= 15 is 0 Å². The van der Waals surface area contributed by atoms with Crippen molar-refractivity contribution >= 4 is 39.8 Å². The van der Waals surface area contributed by atoms with Crippen molar-refractivity contribution in [1.82, 2.24) is 0 Å². The number of fused-ring (bicyclic) bond motifs is 1. The number of hydrogen-bond acceptors (Lipinski definition) is 5. The fourth-order valence-electron chi connectivity index (χ4n) is 2.96. The van der Waals surface area contributed by atoms with Gasteiger partial charge in [-0.15, -0.1) is 11.3 Å². The van der Waals surface area contributed by atoms with Gasteiger partial charge in [0.05, 0.1) is 12.2 Å². The van der Waals surface area contributed by atoms with Crippen molar-refractivity contribution in [2.24, 2.45) is 0 Å². The number of carbonyl (C=O) groups is 3. The number of para-hydroxylation sites is 1. The van der Waals surface area contributed by atoms with E-state index in [1.54, 1.807) is 19.1 Å². The van der Waals surface area contributed by atoms with Crippen molar-refractivity contribution in [3.05, 3.63) is 46.3 Å². The van der Waals surface area contributed by atoms with Crippen LogP contribution in [-0.4, -0.2) is 24.4 Å². The van der Waals surface area contributed by atoms with E-state index in [0.29, 0.717) is 16.3 Å². The molecule has 6 nitrogen and oxygen atoms in total. The van der Waals surface area contributed by atoms with Crippen molar-refractivity contribution in [2.45, 2.75) is 32.6 Å². The number of thiophene rings is 1. The summed E-state index contributed by atoms with van der Waals surface area (Å²) in [4.78, 5) is 37.6. The highest BCUT2D eigenvalue weighted by Crippen LogP contribution is 2.38. The highest BCUT2D eigenvalue weighted by Gasteiger charge is 2.28. The lowest BCUT2D eigenvalue weighted by Gasteiger charge is -2.13. The number of nitrogens with one attached hydrogen (secondary N) is 2. The van der Waals surface area contributed by atoms with E-state index in [9.17, 15) is 14.4 Å². The Balaban J connectivity index is 1.89. The molecule has 0 radical (unpaired) electrons. The van der Waals surface area contributed by atoms with Gasteiger partial charge in [0.2, 0.25) is 0 Å². The third-order valence-electron chi connectivity index (χ3n) is 4.12. The standard InChI is InChI=1S/C19H20N2O4S/c1-2-25-19(24)17(23)21-18-15(13-10-6-7-11-14(13)26-18)16(22)20-12-8-4-3-5-9-12/h3-5,8-9H,2,6-7,10-11H2,1H3,(H,20,22)(H,21,23). The van der Waals surface area contributed by atoms with Crippen molar-refractivity contribution < 1.29 is 19.1 Å². The first-order valence-corrected chi connectivity index (χ1v) is 9.40. The number of aryl methyl sites for hydroxylation is 1. The monoisotopic (exact) mass is 372 g/mol. The van der Waals surface area contributed by atoms with Crippen molar-refractivity contribution in [2.75, 3.05) is 17.2 Å². The highest BCUT2D eigenvalue weighted by molar-refractivity contribution is 7.17. The summed E-state index contributed by atoms with van der Waals surface area (Å²) in [6, 6.07) is 9.14. The molecule has 0 atom stereocenters. The maximum Gasteiger partial charge on any atom is 0.397 e. The van der Waals surface area contributed by atoms with Gasteiger partial charge < -0.3 is 15.4 Å². The quantitative estimate of drug-likeness (QED) is 0.636. The number of esters is 1. The molecular formula is C19H20N2O4S. The molecule has 2 amide bonds. The lowest BCUT2D eigenvalue weighted by atomic mass is 9.95. The molecule has 1 aliphatic carbocycles. The predicted octanol–water partition coefficient (Wildman–Crippen LogP) is 3.38. The maximum atomic E-state index is 12.9. The second kappa shape index (κ2) is 8.14. The molecule has 0 bridgehead atoms. The summed E-state index contributed by atoms with van der Waals surface area (Å²) in [5.74, 6) is -2.10. The Morgan fingerprint density at radius 2 is 1.81 bits per heavy atom. The summed E-state index contributed by atoms with van der Waals surface area (Å²) in [6.45, 7) is 1.75. The zero-order valence-corrected chi connectivity index (χ0v) is 15.3. The molecule has 7 heteroatoms. The molecule has 136 valence electrons. The average molecular weight is 372 g/mol. The fraction of sp³-hybridized carbons (Fsp3) is 0.316. The Bertz CT molecular complexity index is 830. The highest BCUT2D eigenvalue weighted by atomic mass is 32.1. The van der Waals surface area contributed by atoms with E-state index in [4.69, 9.17) is 4.74 Å². The minimum absolute atomic E-state index is 0.120. The Morgan fingerprint density at radius 3 is 2.54 bits per heavy atom. The molecule has 0 spiro atoms. The zero-order chi connectivity index (χ0) is 18.5. The van der Waals surface area contributed by atoms with Crippen LogP contribution in [0.4, 0.5) is 10.7 Å². The van der Waals surface area contributed by atoms with E-state index in [1.807, 2.05) is 18.2 Å². The molecule has 1 aromatic heterocycles. The van der Waals surface area contributed by atoms with Crippen LogP contribution in [-0.2, 0) is 27.2 Å². The second-order valence-corrected chi connectivity index (χ2v) is 7.01. The van der Waals surface area contributed by atoms with Gasteiger partial charge in [0.1, 0.15) is 5.00 Å². The molecular weight excluding hydrogens is 352 g/mol. The summed E-state index contributed by atoms with van der Waals surface area (Å²) in [6.07, 6.45) is 3.72. The van der Waals surface area contributed by atoms with Crippen LogP contribution in [0, 0.1) is 0 Å². The Kier molecular flexibility index (Phi) is 5.68. The van der Waals surface area contributed by atoms with Gasteiger partial charge in [-0.05, 0) is 50.3 Å². The Hall–Kier alpha value is -2.67. The summed E-state index contributed by atoms with van der Waals surface area (Å²) < 4.78 is 4.73. The number of rotatable bonds is 4. The van der Waals surface area contributed by atoms with E-state index in [-0.39, 0.29) is 12.5 Å². The van der Waals surface area contributed by atoms with Crippen molar-refractivity contribution in [1.29, 1.82) is 0 Å². The van der Waals surface area contributed by atoms with Gasteiger partial charge in [-0.1, -0.05) is 18.2 Å². The molecule has 0 unspecified atom stereocenters. The van der Waals surface area contributed by atoms with Crippen molar-refractivity contribution in [3.8, 4) is 0 Å². The lowest BCUT2D eigenvalue weighted by molar-refractivity contribution is -0.152. The maximum absolute atomic E-state index is 12.9. The Labute approximate surface area is 155 Å². The van der Waals surface area contributed by atoms with Gasteiger partial charge >= 0.3 is 11.9 Å². The first-order chi connectivity index (χ1) is 12.6. The number of ether oxygens (including phenoxy) is 1. The van der Waals surface area contributed by atoms with Crippen LogP contribution in [0.15, 0.2) is 30.3 Å². The molecule has 26 heavy (non-hydrogen) atoms. The predicted molar refractivity (Wildman–Crippen MR) is 101 cm³/mol. The van der Waals surface area contributed by atoms with Gasteiger partial charge in [0.25, 0.3) is 5.91 Å². The van der Waals surface area contributed by atoms with Crippen LogP contribution < -0.4 is 10.6 Å². The lowest BCUT2D eigenvalue weighted by Crippen LogP contribution is -2.26. The van der Waals surface area contributed by atoms with Gasteiger partial charge in [0.15, 0.2) is 0 Å². The van der Waals surface area contributed by atoms with Crippen LogP contribution >= 0.6 is 11.3 Å². The molecule has 2 aromatic rings. The largest absolute Gasteiger partial charge is 0.459 e. The van der Waals surface area contributed by atoms with E-state index in [0.717, 1.165) is 36.1 Å². The summed E-state index contributed by atoms with van der Waals surface area (Å²) in [7, 11) is 0. The minimum Gasteiger partial charge on any atom is -0.459 e. The third-order valence-corrected chi connectivity index (χ3v) is 5.33. The first-order valence-electron chi connectivity index (χ1n) is 8.59. The number of hydrogen-bond donors (Lipinski definition) is 2. The first kappa shape index (κ1) is 18.1. The molecule has 3 rings (SSSR count). The second-order valence-electron chi connectivity index (χ2n) is 5.91. The summed E-state index contributed by atoms with van der Waals surface area (Å²) >= 11 is 1.36. The summed E-state index contributed by atoms with van der Waals surface area (Å²) in [5.41, 5.74) is 2.09. The molecule has 2 N–H and O–H groups in total. The zero-order valence-electron chi connectivity index (χ0n) is 14.5. The smallest absolute Gasteiger partial charge is 0.397 e. The molecule has 0 aliphatic heterocycles. The Morgan fingerprint density at radius 1 is 1.08 bits per heavy atom. The average Bonchev–Trinajstić information content (AvgIpc) is 3.00. The van der Waals surface area contributed by atoms with Gasteiger partial charge in [-0.2, -0.15) is 0 Å². The molecule has 0 fully saturated rings.